The number of hydrogen-bond donors (Lipinski definition) is 3. The minimum absolute atomic E-state index is 0.00984. The summed E-state index contributed by atoms with van der Waals surface area (Å²) in [6, 6.07) is 1.41. The number of primary amides is 1. The molecule has 0 radical (unpaired) electrons. The first kappa shape index (κ1) is 21.2. The third-order valence-electron chi connectivity index (χ3n) is 6.25. The van der Waals surface area contributed by atoms with Crippen LogP contribution in [-0.4, -0.2) is 50.9 Å². The van der Waals surface area contributed by atoms with Crippen molar-refractivity contribution in [1.82, 2.24) is 9.88 Å². The number of piperidine rings is 1. The summed E-state index contributed by atoms with van der Waals surface area (Å²) in [5.41, 5.74) is 5.03. The van der Waals surface area contributed by atoms with Gasteiger partial charge in [-0.25, -0.2) is 0 Å². The van der Waals surface area contributed by atoms with Gasteiger partial charge in [0.15, 0.2) is 0 Å². The van der Waals surface area contributed by atoms with E-state index in [9.17, 15) is 19.5 Å². The number of nitrogens with two attached hydrogens (primary N) is 1. The van der Waals surface area contributed by atoms with E-state index >= 15 is 0 Å². The van der Waals surface area contributed by atoms with Gasteiger partial charge in [-0.2, -0.15) is 0 Å². The van der Waals surface area contributed by atoms with Gasteiger partial charge in [0.1, 0.15) is 0 Å². The quantitative estimate of drug-likeness (QED) is 0.663. The van der Waals surface area contributed by atoms with Crippen molar-refractivity contribution in [3.63, 3.8) is 0 Å². The Bertz CT molecular complexity index is 785. The SMILES string of the molecule is C[C@@H]1CC[C@@H]([C@H]2CC[C@](C)(O)CC2)N(C(=O)C(=O)Nc2cncc(C(N)=O)c2)C1. The Kier molecular flexibility index (Phi) is 6.21. The van der Waals surface area contributed by atoms with Crippen LogP contribution in [0.4, 0.5) is 5.69 Å². The van der Waals surface area contributed by atoms with Crippen molar-refractivity contribution in [1.29, 1.82) is 0 Å². The topological polar surface area (TPSA) is 126 Å². The lowest BCUT2D eigenvalue weighted by atomic mass is 9.74. The predicted molar refractivity (Wildman–Crippen MR) is 108 cm³/mol. The summed E-state index contributed by atoms with van der Waals surface area (Å²) >= 11 is 0. The van der Waals surface area contributed by atoms with Crippen LogP contribution in [0, 0.1) is 11.8 Å². The van der Waals surface area contributed by atoms with Gasteiger partial charge in [-0.15, -0.1) is 0 Å². The Balaban J connectivity index is 1.71. The van der Waals surface area contributed by atoms with Gasteiger partial charge in [-0.1, -0.05) is 6.92 Å². The molecular weight excluding hydrogens is 372 g/mol. The maximum atomic E-state index is 13.0. The first-order valence-corrected chi connectivity index (χ1v) is 10.3. The number of likely N-dealkylation sites (tertiary alicyclic amines) is 1. The lowest BCUT2D eigenvalue weighted by Crippen LogP contribution is -2.54. The average molecular weight is 402 g/mol. The van der Waals surface area contributed by atoms with Crippen LogP contribution in [0.3, 0.4) is 0 Å². The van der Waals surface area contributed by atoms with E-state index < -0.39 is 23.3 Å². The first-order chi connectivity index (χ1) is 13.7. The fourth-order valence-electron chi connectivity index (χ4n) is 4.50. The molecule has 1 saturated carbocycles. The third-order valence-corrected chi connectivity index (χ3v) is 6.25. The largest absolute Gasteiger partial charge is 0.390 e. The van der Waals surface area contributed by atoms with E-state index in [4.69, 9.17) is 5.73 Å². The number of hydrogen-bond acceptors (Lipinski definition) is 5. The molecule has 1 aliphatic heterocycles. The molecule has 0 unspecified atom stereocenters. The highest BCUT2D eigenvalue weighted by Gasteiger charge is 2.40. The molecular formula is C21H30N4O4. The van der Waals surface area contributed by atoms with Crippen LogP contribution < -0.4 is 11.1 Å². The maximum absolute atomic E-state index is 13.0. The molecule has 2 fully saturated rings. The molecule has 8 nitrogen and oxygen atoms in total. The van der Waals surface area contributed by atoms with Crippen molar-refractivity contribution in [3.8, 4) is 0 Å². The van der Waals surface area contributed by atoms with Crippen LogP contribution in [0.2, 0.25) is 0 Å². The second-order valence-electron chi connectivity index (χ2n) is 8.82. The lowest BCUT2D eigenvalue weighted by Gasteiger charge is -2.45. The van der Waals surface area contributed by atoms with Crippen LogP contribution in [0.1, 0.15) is 62.7 Å². The molecule has 1 aliphatic carbocycles. The molecule has 0 aromatic carbocycles. The Morgan fingerprint density at radius 2 is 1.90 bits per heavy atom. The van der Waals surface area contributed by atoms with E-state index in [-0.39, 0.29) is 17.3 Å². The fourth-order valence-corrected chi connectivity index (χ4v) is 4.50. The third kappa shape index (κ3) is 5.12. The van der Waals surface area contributed by atoms with Crippen molar-refractivity contribution in [3.05, 3.63) is 24.0 Å². The van der Waals surface area contributed by atoms with E-state index in [1.54, 1.807) is 4.90 Å². The standard InChI is InChI=1S/C21H30N4O4/c1-13-3-4-17(14-5-7-21(2,29)8-6-14)25(12-13)20(28)19(27)24-16-9-15(18(22)26)10-23-11-16/h9-11,13-14,17,29H,3-8,12H2,1-2H3,(H2,22,26)(H,24,27)/t13-,14-,17+,21-/m1/s1. The zero-order valence-electron chi connectivity index (χ0n) is 17.1. The Hall–Kier alpha value is -2.48. The highest BCUT2D eigenvalue weighted by atomic mass is 16.3. The summed E-state index contributed by atoms with van der Waals surface area (Å²) in [7, 11) is 0. The average Bonchev–Trinajstić information content (AvgIpc) is 2.68. The van der Waals surface area contributed by atoms with E-state index in [0.717, 1.165) is 25.7 Å². The predicted octanol–water partition coefficient (Wildman–Crippen LogP) is 1.69. The molecule has 0 spiro atoms. The molecule has 1 aromatic heterocycles. The second-order valence-corrected chi connectivity index (χ2v) is 8.82. The normalized spacial score (nSPS) is 29.9. The number of carbonyl (C=O) groups excluding carboxylic acids is 3. The molecule has 2 atom stereocenters. The number of nitrogens with zero attached hydrogens (tertiary/aromatic N) is 2. The number of rotatable bonds is 3. The highest BCUT2D eigenvalue weighted by molar-refractivity contribution is 6.39. The fraction of sp³-hybridized carbons (Fsp3) is 0.619. The highest BCUT2D eigenvalue weighted by Crippen LogP contribution is 2.38. The van der Waals surface area contributed by atoms with Gasteiger partial charge in [0, 0.05) is 18.8 Å². The molecule has 2 heterocycles. The second kappa shape index (κ2) is 8.49. The van der Waals surface area contributed by atoms with Gasteiger partial charge in [-0.3, -0.25) is 19.4 Å². The summed E-state index contributed by atoms with van der Waals surface area (Å²) in [5.74, 6) is -1.34. The number of nitrogens with one attached hydrogen (secondary N) is 1. The minimum Gasteiger partial charge on any atom is -0.390 e. The number of carbonyl (C=O) groups is 3. The van der Waals surface area contributed by atoms with E-state index in [2.05, 4.69) is 17.2 Å². The number of pyridine rings is 1. The van der Waals surface area contributed by atoms with Crippen molar-refractivity contribution in [2.45, 2.75) is 64.0 Å². The Morgan fingerprint density at radius 1 is 1.21 bits per heavy atom. The molecule has 4 N–H and O–H groups in total. The van der Waals surface area contributed by atoms with Crippen molar-refractivity contribution in [2.75, 3.05) is 11.9 Å². The zero-order chi connectivity index (χ0) is 21.2. The number of aromatic nitrogens is 1. The van der Waals surface area contributed by atoms with Crippen molar-refractivity contribution in [2.24, 2.45) is 17.6 Å². The van der Waals surface area contributed by atoms with E-state index in [1.807, 2.05) is 6.92 Å². The molecule has 1 saturated heterocycles. The molecule has 1 aromatic rings. The summed E-state index contributed by atoms with van der Waals surface area (Å²) in [5, 5.41) is 12.8. The molecule has 2 aliphatic rings. The van der Waals surface area contributed by atoms with Gasteiger partial charge >= 0.3 is 11.8 Å². The van der Waals surface area contributed by atoms with Gasteiger partial charge in [0.05, 0.1) is 23.0 Å². The first-order valence-electron chi connectivity index (χ1n) is 10.3. The van der Waals surface area contributed by atoms with Gasteiger partial charge in [0.25, 0.3) is 0 Å². The monoisotopic (exact) mass is 402 g/mol. The van der Waals surface area contributed by atoms with Crippen LogP contribution >= 0.6 is 0 Å². The minimum atomic E-state index is -0.740. The summed E-state index contributed by atoms with van der Waals surface area (Å²) < 4.78 is 0. The maximum Gasteiger partial charge on any atom is 0.313 e. The summed E-state index contributed by atoms with van der Waals surface area (Å²) in [6.07, 6.45) is 7.69. The van der Waals surface area contributed by atoms with Crippen molar-refractivity contribution < 1.29 is 19.5 Å². The summed E-state index contributed by atoms with van der Waals surface area (Å²) in [4.78, 5) is 42.5. The molecule has 29 heavy (non-hydrogen) atoms. The summed E-state index contributed by atoms with van der Waals surface area (Å²) in [6.45, 7) is 4.49. The molecule has 8 heteroatoms. The van der Waals surface area contributed by atoms with Gasteiger partial charge in [-0.05, 0) is 63.4 Å². The van der Waals surface area contributed by atoms with Crippen molar-refractivity contribution >= 4 is 23.4 Å². The Morgan fingerprint density at radius 3 is 2.55 bits per heavy atom. The Labute approximate surface area is 170 Å². The van der Waals surface area contributed by atoms with Crippen LogP contribution in [0.15, 0.2) is 18.5 Å². The van der Waals surface area contributed by atoms with Crippen LogP contribution in [-0.2, 0) is 9.59 Å². The molecule has 0 bridgehead atoms. The molecule has 3 rings (SSSR count). The number of anilines is 1. The molecule has 158 valence electrons. The molecule has 3 amide bonds. The zero-order valence-corrected chi connectivity index (χ0v) is 17.1. The van der Waals surface area contributed by atoms with Crippen LogP contribution in [0.25, 0.3) is 0 Å². The number of amides is 3. The number of aliphatic hydroxyl groups is 1. The van der Waals surface area contributed by atoms with E-state index in [0.29, 0.717) is 31.2 Å². The smallest absolute Gasteiger partial charge is 0.313 e. The lowest BCUT2D eigenvalue weighted by molar-refractivity contribution is -0.148. The van der Waals surface area contributed by atoms with E-state index in [1.165, 1.54) is 18.5 Å². The van der Waals surface area contributed by atoms with Gasteiger partial charge in [0.2, 0.25) is 5.91 Å². The van der Waals surface area contributed by atoms with Crippen LogP contribution in [0.5, 0.6) is 0 Å². The van der Waals surface area contributed by atoms with Gasteiger partial charge < -0.3 is 21.1 Å².